The van der Waals surface area contributed by atoms with Gasteiger partial charge in [0.25, 0.3) is 0 Å². The summed E-state index contributed by atoms with van der Waals surface area (Å²) in [6.45, 7) is 12.7. The summed E-state index contributed by atoms with van der Waals surface area (Å²) in [4.78, 5) is 0. The van der Waals surface area contributed by atoms with Gasteiger partial charge in [-0.05, 0) is 63.3 Å². The Morgan fingerprint density at radius 1 is 0.850 bits per heavy atom. The first kappa shape index (κ1) is 15.1. The van der Waals surface area contributed by atoms with Gasteiger partial charge in [-0.2, -0.15) is 0 Å². The summed E-state index contributed by atoms with van der Waals surface area (Å²) in [6.07, 6.45) is 0.856. The van der Waals surface area contributed by atoms with Crippen LogP contribution in [0.4, 0.5) is 0 Å². The molecule has 0 heterocycles. The molecule has 0 saturated heterocycles. The van der Waals surface area contributed by atoms with Gasteiger partial charge in [-0.25, -0.2) is 0 Å². The molecule has 0 radical (unpaired) electrons. The molecule has 0 spiro atoms. The van der Waals surface area contributed by atoms with E-state index in [9.17, 15) is 5.11 Å². The van der Waals surface area contributed by atoms with Crippen LogP contribution in [0.1, 0.15) is 47.1 Å². The summed E-state index contributed by atoms with van der Waals surface area (Å²) >= 11 is 0. The van der Waals surface area contributed by atoms with Gasteiger partial charge < -0.3 is 5.11 Å². The van der Waals surface area contributed by atoms with Crippen molar-refractivity contribution >= 4 is 0 Å². The summed E-state index contributed by atoms with van der Waals surface area (Å²) in [7, 11) is 0. The molecule has 1 heteroatoms. The molecule has 1 nitrogen and oxygen atoms in total. The van der Waals surface area contributed by atoms with Gasteiger partial charge in [0.15, 0.2) is 0 Å². The standard InChI is InChI=1S/C19H26O/c1-13-14(2)16(4)19(6,20)18(5,15(13)3)12-17-10-8-7-9-11-17/h7-11,20H,12H2,1-6H3. The van der Waals surface area contributed by atoms with Crippen LogP contribution in [0.2, 0.25) is 0 Å². The average molecular weight is 270 g/mol. The van der Waals surface area contributed by atoms with E-state index in [0.29, 0.717) is 0 Å². The van der Waals surface area contributed by atoms with Crippen LogP contribution in [0.5, 0.6) is 0 Å². The van der Waals surface area contributed by atoms with E-state index in [4.69, 9.17) is 0 Å². The Morgan fingerprint density at radius 3 is 1.90 bits per heavy atom. The van der Waals surface area contributed by atoms with E-state index >= 15 is 0 Å². The first-order valence-corrected chi connectivity index (χ1v) is 7.34. The normalized spacial score (nSPS) is 30.9. The van der Waals surface area contributed by atoms with E-state index in [0.717, 1.165) is 12.0 Å². The smallest absolute Gasteiger partial charge is 0.0925 e. The molecule has 2 rings (SSSR count). The van der Waals surface area contributed by atoms with Crippen molar-refractivity contribution in [3.63, 3.8) is 0 Å². The average Bonchev–Trinajstić information content (AvgIpc) is 2.43. The van der Waals surface area contributed by atoms with Crippen molar-refractivity contribution in [1.29, 1.82) is 0 Å². The van der Waals surface area contributed by atoms with E-state index in [-0.39, 0.29) is 5.41 Å². The highest BCUT2D eigenvalue weighted by molar-refractivity contribution is 5.48. The fraction of sp³-hybridized carbons (Fsp3) is 0.474. The summed E-state index contributed by atoms with van der Waals surface area (Å²) in [5.74, 6) is 0. The van der Waals surface area contributed by atoms with E-state index in [1.54, 1.807) is 0 Å². The quantitative estimate of drug-likeness (QED) is 0.827. The molecule has 2 unspecified atom stereocenters. The number of benzene rings is 1. The van der Waals surface area contributed by atoms with Gasteiger partial charge in [0.1, 0.15) is 0 Å². The van der Waals surface area contributed by atoms with Crippen LogP contribution in [0.3, 0.4) is 0 Å². The third kappa shape index (κ3) is 2.05. The summed E-state index contributed by atoms with van der Waals surface area (Å²) < 4.78 is 0. The highest BCUT2D eigenvalue weighted by Gasteiger charge is 2.49. The monoisotopic (exact) mass is 270 g/mol. The van der Waals surface area contributed by atoms with Crippen molar-refractivity contribution in [2.75, 3.05) is 0 Å². The molecule has 0 amide bonds. The van der Waals surface area contributed by atoms with E-state index in [1.165, 1.54) is 22.3 Å². The van der Waals surface area contributed by atoms with Gasteiger partial charge in [-0.15, -0.1) is 0 Å². The minimum atomic E-state index is -0.809. The lowest BCUT2D eigenvalue weighted by atomic mass is 9.58. The summed E-state index contributed by atoms with van der Waals surface area (Å²) in [5.41, 5.74) is 5.16. The van der Waals surface area contributed by atoms with Crippen molar-refractivity contribution in [2.24, 2.45) is 5.41 Å². The van der Waals surface area contributed by atoms with Crippen molar-refractivity contribution in [3.05, 3.63) is 58.2 Å². The van der Waals surface area contributed by atoms with Crippen LogP contribution in [0.15, 0.2) is 52.6 Å². The maximum Gasteiger partial charge on any atom is 0.0925 e. The Bertz CT molecular complexity index is 575. The molecule has 108 valence electrons. The molecule has 1 N–H and O–H groups in total. The van der Waals surface area contributed by atoms with Crippen LogP contribution in [0, 0.1) is 5.41 Å². The molecular weight excluding hydrogens is 244 g/mol. The molecule has 1 aliphatic rings. The first-order valence-electron chi connectivity index (χ1n) is 7.34. The Hall–Kier alpha value is -1.34. The molecule has 20 heavy (non-hydrogen) atoms. The lowest BCUT2D eigenvalue weighted by Gasteiger charge is -2.49. The maximum atomic E-state index is 11.2. The molecule has 1 aliphatic carbocycles. The van der Waals surface area contributed by atoms with E-state index in [1.807, 2.05) is 13.0 Å². The number of hydrogen-bond acceptors (Lipinski definition) is 1. The number of aliphatic hydroxyl groups is 1. The van der Waals surface area contributed by atoms with Gasteiger partial charge in [-0.3, -0.25) is 0 Å². The molecule has 0 fully saturated rings. The van der Waals surface area contributed by atoms with Crippen LogP contribution in [-0.4, -0.2) is 10.7 Å². The second-order valence-corrected chi connectivity index (χ2v) is 6.57. The third-order valence-electron chi connectivity index (χ3n) is 5.72. The van der Waals surface area contributed by atoms with Crippen molar-refractivity contribution in [1.82, 2.24) is 0 Å². The minimum Gasteiger partial charge on any atom is -0.385 e. The first-order chi connectivity index (χ1) is 9.22. The fourth-order valence-electron chi connectivity index (χ4n) is 3.43. The topological polar surface area (TPSA) is 20.2 Å². The third-order valence-corrected chi connectivity index (χ3v) is 5.72. The Kier molecular flexibility index (Phi) is 3.68. The van der Waals surface area contributed by atoms with Crippen LogP contribution < -0.4 is 0 Å². The lowest BCUT2D eigenvalue weighted by molar-refractivity contribution is -0.0112. The van der Waals surface area contributed by atoms with Gasteiger partial charge >= 0.3 is 0 Å². The predicted octanol–water partition coefficient (Wildman–Crippen LogP) is 4.67. The van der Waals surface area contributed by atoms with Crippen LogP contribution in [-0.2, 0) is 6.42 Å². The Labute approximate surface area is 123 Å². The van der Waals surface area contributed by atoms with Gasteiger partial charge in [0.2, 0.25) is 0 Å². The largest absolute Gasteiger partial charge is 0.385 e. The maximum absolute atomic E-state index is 11.2. The second kappa shape index (κ2) is 4.89. The lowest BCUT2D eigenvalue weighted by Crippen LogP contribution is -2.50. The zero-order valence-electron chi connectivity index (χ0n) is 13.5. The summed E-state index contributed by atoms with van der Waals surface area (Å²) in [6, 6.07) is 10.5. The predicted molar refractivity (Wildman–Crippen MR) is 85.6 cm³/mol. The summed E-state index contributed by atoms with van der Waals surface area (Å²) in [5, 5.41) is 11.2. The van der Waals surface area contributed by atoms with Crippen LogP contribution >= 0.6 is 0 Å². The fourth-order valence-corrected chi connectivity index (χ4v) is 3.43. The molecule has 0 aliphatic heterocycles. The Balaban J connectivity index is 2.54. The molecule has 0 saturated carbocycles. The molecular formula is C19H26O. The van der Waals surface area contributed by atoms with Crippen molar-refractivity contribution in [3.8, 4) is 0 Å². The zero-order chi connectivity index (χ0) is 15.1. The number of allylic oxidation sites excluding steroid dienone is 2. The molecule has 1 aromatic rings. The van der Waals surface area contributed by atoms with Crippen molar-refractivity contribution in [2.45, 2.75) is 53.6 Å². The second-order valence-electron chi connectivity index (χ2n) is 6.57. The number of rotatable bonds is 2. The molecule has 1 aromatic carbocycles. The Morgan fingerprint density at radius 2 is 1.35 bits per heavy atom. The van der Waals surface area contributed by atoms with Gasteiger partial charge in [0.05, 0.1) is 5.60 Å². The molecule has 2 atom stereocenters. The van der Waals surface area contributed by atoms with E-state index < -0.39 is 5.60 Å². The highest BCUT2D eigenvalue weighted by Crippen LogP contribution is 2.51. The highest BCUT2D eigenvalue weighted by atomic mass is 16.3. The minimum absolute atomic E-state index is 0.262. The van der Waals surface area contributed by atoms with E-state index in [2.05, 4.69) is 58.9 Å². The van der Waals surface area contributed by atoms with Crippen LogP contribution in [0.25, 0.3) is 0 Å². The van der Waals surface area contributed by atoms with Gasteiger partial charge in [0, 0.05) is 5.41 Å². The molecule has 0 bridgehead atoms. The molecule has 0 aromatic heterocycles. The van der Waals surface area contributed by atoms with Crippen molar-refractivity contribution < 1.29 is 5.11 Å². The zero-order valence-corrected chi connectivity index (χ0v) is 13.5. The van der Waals surface area contributed by atoms with Gasteiger partial charge in [-0.1, -0.05) is 42.8 Å². The SMILES string of the molecule is CC1=C(C)C(C)(O)C(C)(Cc2ccccc2)C(C)=C1C. The number of hydrogen-bond donors (Lipinski definition) is 1.